The van der Waals surface area contributed by atoms with Gasteiger partial charge in [-0.2, -0.15) is 21.6 Å². The summed E-state index contributed by atoms with van der Waals surface area (Å²) in [7, 11) is -4.89. The van der Waals surface area contributed by atoms with Crippen LogP contribution in [0.25, 0.3) is 0 Å². The Hall–Kier alpha value is -0.830. The number of carbonyl (C=O) groups is 1. The summed E-state index contributed by atoms with van der Waals surface area (Å²) in [6.45, 7) is 5.95. The Morgan fingerprint density at radius 2 is 1.76 bits per heavy atom. The van der Waals surface area contributed by atoms with Crippen LogP contribution in [0, 0.1) is 11.8 Å². The van der Waals surface area contributed by atoms with E-state index >= 15 is 0 Å². The lowest BCUT2D eigenvalue weighted by Crippen LogP contribution is -2.39. The highest BCUT2D eigenvalue weighted by atomic mass is 32.2. The van der Waals surface area contributed by atoms with Gasteiger partial charge in [0.15, 0.2) is 0 Å². The molecule has 0 rings (SSSR count). The summed E-state index contributed by atoms with van der Waals surface area (Å²) in [6, 6.07) is 0. The van der Waals surface area contributed by atoms with Gasteiger partial charge in [-0.05, 0) is 24.7 Å². The molecule has 1 N–H and O–H groups in total. The molecule has 2 unspecified atom stereocenters. The SMILES string of the molecule is CC(C)C(C)CCCC(=O)OC(CS(=O)(=O)O)C(F)(F)F. The summed E-state index contributed by atoms with van der Waals surface area (Å²) in [6.07, 6.45) is -7.11. The van der Waals surface area contributed by atoms with Crippen molar-refractivity contribution in [1.82, 2.24) is 0 Å². The molecule has 0 saturated carbocycles. The Morgan fingerprint density at radius 3 is 2.14 bits per heavy atom. The molecule has 0 bridgehead atoms. The molecule has 0 aromatic heterocycles. The monoisotopic (exact) mass is 334 g/mol. The van der Waals surface area contributed by atoms with Crippen LogP contribution in [0.4, 0.5) is 13.2 Å². The second kappa shape index (κ2) is 7.98. The first-order valence-electron chi connectivity index (χ1n) is 6.54. The first-order chi connectivity index (χ1) is 9.33. The van der Waals surface area contributed by atoms with Gasteiger partial charge in [0.2, 0.25) is 6.10 Å². The molecule has 0 spiro atoms. The minimum atomic E-state index is -5.04. The van der Waals surface area contributed by atoms with Gasteiger partial charge >= 0.3 is 12.1 Å². The van der Waals surface area contributed by atoms with Gasteiger partial charge < -0.3 is 4.74 Å². The molecule has 0 radical (unpaired) electrons. The van der Waals surface area contributed by atoms with Gasteiger partial charge in [-0.3, -0.25) is 9.35 Å². The van der Waals surface area contributed by atoms with Crippen LogP contribution in [-0.2, 0) is 19.6 Å². The number of hydrogen-bond donors (Lipinski definition) is 1. The smallest absolute Gasteiger partial charge is 0.426 e. The largest absolute Gasteiger partial charge is 0.451 e. The van der Waals surface area contributed by atoms with Gasteiger partial charge in [0.1, 0.15) is 5.75 Å². The number of esters is 1. The van der Waals surface area contributed by atoms with Crippen LogP contribution in [-0.4, -0.2) is 37.0 Å². The molecule has 2 atom stereocenters. The third-order valence-electron chi connectivity index (χ3n) is 3.18. The van der Waals surface area contributed by atoms with Crippen molar-refractivity contribution in [3.8, 4) is 0 Å². The highest BCUT2D eigenvalue weighted by Gasteiger charge is 2.45. The first kappa shape index (κ1) is 20.2. The van der Waals surface area contributed by atoms with E-state index in [0.29, 0.717) is 24.7 Å². The number of ether oxygens (including phenoxy) is 1. The predicted molar refractivity (Wildman–Crippen MR) is 70.2 cm³/mol. The zero-order valence-electron chi connectivity index (χ0n) is 12.2. The fraction of sp³-hybridized carbons (Fsp3) is 0.917. The van der Waals surface area contributed by atoms with Crippen molar-refractivity contribution in [2.24, 2.45) is 11.8 Å². The van der Waals surface area contributed by atoms with E-state index in [-0.39, 0.29) is 6.42 Å². The van der Waals surface area contributed by atoms with Gasteiger partial charge in [0.05, 0.1) is 0 Å². The number of alkyl halides is 3. The average Bonchev–Trinajstić information content (AvgIpc) is 2.24. The molecule has 0 aliphatic carbocycles. The standard InChI is InChI=1S/C12H21F3O5S/c1-8(2)9(3)5-4-6-11(16)20-10(12(13,14)15)7-21(17,18)19/h8-10H,4-7H2,1-3H3,(H,17,18,19). The molecule has 5 nitrogen and oxygen atoms in total. The van der Waals surface area contributed by atoms with Crippen molar-refractivity contribution in [3.05, 3.63) is 0 Å². The lowest BCUT2D eigenvalue weighted by atomic mass is 9.93. The third kappa shape index (κ3) is 9.67. The Balaban J connectivity index is 4.43. The van der Waals surface area contributed by atoms with Crippen LogP contribution >= 0.6 is 0 Å². The summed E-state index contributed by atoms with van der Waals surface area (Å²) < 4.78 is 71.2. The molecule has 0 heterocycles. The normalized spacial score (nSPS) is 15.8. The molecule has 0 amide bonds. The van der Waals surface area contributed by atoms with E-state index in [1.165, 1.54) is 0 Å². The molecule has 21 heavy (non-hydrogen) atoms. The first-order valence-corrected chi connectivity index (χ1v) is 8.15. The average molecular weight is 334 g/mol. The fourth-order valence-corrected chi connectivity index (χ4v) is 2.15. The molecule has 0 saturated heterocycles. The van der Waals surface area contributed by atoms with Gasteiger partial charge in [-0.25, -0.2) is 0 Å². The maximum atomic E-state index is 12.5. The summed E-state index contributed by atoms with van der Waals surface area (Å²) in [4.78, 5) is 11.3. The summed E-state index contributed by atoms with van der Waals surface area (Å²) in [5, 5.41) is 0. The van der Waals surface area contributed by atoms with Crippen molar-refractivity contribution in [1.29, 1.82) is 0 Å². The van der Waals surface area contributed by atoms with Gasteiger partial charge in [0.25, 0.3) is 10.1 Å². The van der Waals surface area contributed by atoms with Crippen LogP contribution in [0.5, 0.6) is 0 Å². The van der Waals surface area contributed by atoms with E-state index in [1.807, 2.05) is 20.8 Å². The Morgan fingerprint density at radius 1 is 1.24 bits per heavy atom. The van der Waals surface area contributed by atoms with Crippen LogP contribution in [0.15, 0.2) is 0 Å². The van der Waals surface area contributed by atoms with E-state index in [4.69, 9.17) is 4.55 Å². The summed E-state index contributed by atoms with van der Waals surface area (Å²) in [5.41, 5.74) is 0. The van der Waals surface area contributed by atoms with Crippen molar-refractivity contribution in [2.75, 3.05) is 5.75 Å². The van der Waals surface area contributed by atoms with E-state index in [0.717, 1.165) is 0 Å². The van der Waals surface area contributed by atoms with Gasteiger partial charge in [-0.1, -0.05) is 20.8 Å². The van der Waals surface area contributed by atoms with E-state index in [9.17, 15) is 26.4 Å². The molecule has 0 aromatic carbocycles. The molecule has 0 fully saturated rings. The zero-order valence-corrected chi connectivity index (χ0v) is 13.0. The molecule has 0 aromatic rings. The minimum absolute atomic E-state index is 0.227. The number of rotatable bonds is 8. The number of hydrogen-bond acceptors (Lipinski definition) is 4. The van der Waals surface area contributed by atoms with Crippen LogP contribution in [0.1, 0.15) is 40.0 Å². The highest BCUT2D eigenvalue weighted by molar-refractivity contribution is 7.85. The second-order valence-corrected chi connectivity index (χ2v) is 6.88. The number of carbonyl (C=O) groups excluding carboxylic acids is 1. The zero-order chi connectivity index (χ0) is 16.8. The maximum Gasteiger partial charge on any atom is 0.426 e. The van der Waals surface area contributed by atoms with E-state index < -0.39 is 34.1 Å². The highest BCUT2D eigenvalue weighted by Crippen LogP contribution is 2.25. The van der Waals surface area contributed by atoms with Crippen LogP contribution in [0.2, 0.25) is 0 Å². The Bertz CT molecular complexity index is 431. The molecule has 0 aliphatic heterocycles. The van der Waals surface area contributed by atoms with E-state index in [2.05, 4.69) is 4.74 Å². The molecule has 9 heteroatoms. The molecular formula is C12H21F3O5S. The van der Waals surface area contributed by atoms with Gasteiger partial charge in [-0.15, -0.1) is 0 Å². The van der Waals surface area contributed by atoms with Crippen molar-refractivity contribution >= 4 is 16.1 Å². The molecular weight excluding hydrogens is 313 g/mol. The number of halogens is 3. The lowest BCUT2D eigenvalue weighted by molar-refractivity contribution is -0.215. The van der Waals surface area contributed by atoms with Crippen molar-refractivity contribution < 1.29 is 35.7 Å². The Labute approximate surface area is 122 Å². The van der Waals surface area contributed by atoms with Crippen LogP contribution < -0.4 is 0 Å². The van der Waals surface area contributed by atoms with Crippen LogP contribution in [0.3, 0.4) is 0 Å². The molecule has 126 valence electrons. The quantitative estimate of drug-likeness (QED) is 0.545. The topological polar surface area (TPSA) is 80.7 Å². The minimum Gasteiger partial charge on any atom is -0.451 e. The van der Waals surface area contributed by atoms with Gasteiger partial charge in [0, 0.05) is 6.42 Å². The lowest BCUT2D eigenvalue weighted by Gasteiger charge is -2.20. The Kier molecular flexibility index (Phi) is 7.66. The second-order valence-electron chi connectivity index (χ2n) is 5.38. The summed E-state index contributed by atoms with van der Waals surface area (Å²) >= 11 is 0. The molecule has 0 aliphatic rings. The maximum absolute atomic E-state index is 12.5. The van der Waals surface area contributed by atoms with E-state index in [1.54, 1.807) is 0 Å². The fourth-order valence-electron chi connectivity index (χ4n) is 1.51. The summed E-state index contributed by atoms with van der Waals surface area (Å²) in [5.74, 6) is -2.11. The van der Waals surface area contributed by atoms with Crippen molar-refractivity contribution in [2.45, 2.75) is 52.3 Å². The van der Waals surface area contributed by atoms with Crippen molar-refractivity contribution in [3.63, 3.8) is 0 Å². The predicted octanol–water partition coefficient (Wildman–Crippen LogP) is 2.81. The third-order valence-corrected chi connectivity index (χ3v) is 3.90.